The molecule has 0 spiro atoms. The predicted molar refractivity (Wildman–Crippen MR) is 128 cm³/mol. The van der Waals surface area contributed by atoms with Gasteiger partial charge in [-0.15, -0.1) is 0 Å². The first kappa shape index (κ1) is 21.7. The molecule has 0 bridgehead atoms. The van der Waals surface area contributed by atoms with Crippen LogP contribution in [-0.2, 0) is 14.8 Å². The fourth-order valence-corrected chi connectivity index (χ4v) is 6.39. The maximum atomic E-state index is 13.4. The number of rotatable bonds is 6. The number of imidazole rings is 1. The van der Waals surface area contributed by atoms with Crippen LogP contribution in [0.4, 0.5) is 0 Å². The second kappa shape index (κ2) is 9.01. The van der Waals surface area contributed by atoms with Crippen molar-refractivity contribution in [3.63, 3.8) is 0 Å². The number of fused-ring (bicyclic) bond motifs is 1. The molecule has 1 amide bonds. The molecule has 1 aliphatic heterocycles. The molecule has 0 radical (unpaired) electrons. The first-order valence-electron chi connectivity index (χ1n) is 10.5. The Bertz CT molecular complexity index is 1340. The van der Waals surface area contributed by atoms with E-state index in [1.165, 1.54) is 16.1 Å². The molecule has 1 N–H and O–H groups in total. The highest BCUT2D eigenvalue weighted by Gasteiger charge is 2.43. The van der Waals surface area contributed by atoms with Crippen LogP contribution in [0.3, 0.4) is 0 Å². The van der Waals surface area contributed by atoms with Gasteiger partial charge in [0.05, 0.1) is 21.7 Å². The van der Waals surface area contributed by atoms with Gasteiger partial charge in [0, 0.05) is 13.1 Å². The summed E-state index contributed by atoms with van der Waals surface area (Å²) in [4.78, 5) is 22.9. The highest BCUT2D eigenvalue weighted by Crippen LogP contribution is 2.35. The SMILES string of the molecule is O=C(CSc1nc2ccccc2[nH]1)N1CCN(S(=O)(=O)c2ccccc2)[C@@H]1c1ccccc1. The minimum Gasteiger partial charge on any atom is -0.333 e. The Kier molecular flexibility index (Phi) is 5.92. The fraction of sp³-hybridized carbons (Fsp3) is 0.167. The molecule has 1 fully saturated rings. The normalized spacial score (nSPS) is 17.0. The number of nitrogens with zero attached hydrogens (tertiary/aromatic N) is 3. The van der Waals surface area contributed by atoms with Gasteiger partial charge in [-0.25, -0.2) is 13.4 Å². The summed E-state index contributed by atoms with van der Waals surface area (Å²) in [5, 5.41) is 0.661. The molecule has 9 heteroatoms. The lowest BCUT2D eigenvalue weighted by atomic mass is 10.1. The van der Waals surface area contributed by atoms with Gasteiger partial charge in [-0.1, -0.05) is 72.4 Å². The molecule has 1 aromatic heterocycles. The van der Waals surface area contributed by atoms with Gasteiger partial charge in [0.1, 0.15) is 6.17 Å². The number of carbonyl (C=O) groups excluding carboxylic acids is 1. The number of para-hydroxylation sites is 2. The summed E-state index contributed by atoms with van der Waals surface area (Å²) >= 11 is 1.32. The Balaban J connectivity index is 1.40. The fourth-order valence-electron chi connectivity index (χ4n) is 4.03. The van der Waals surface area contributed by atoms with E-state index in [2.05, 4.69) is 9.97 Å². The number of sulfonamides is 1. The number of benzene rings is 3. The van der Waals surface area contributed by atoms with Gasteiger partial charge in [0.2, 0.25) is 15.9 Å². The predicted octanol–water partition coefficient (Wildman–Crippen LogP) is 3.89. The van der Waals surface area contributed by atoms with Crippen LogP contribution in [0.15, 0.2) is 95.0 Å². The van der Waals surface area contributed by atoms with Crippen LogP contribution in [0.25, 0.3) is 11.0 Å². The molecule has 0 aliphatic carbocycles. The van der Waals surface area contributed by atoms with Crippen LogP contribution in [0, 0.1) is 0 Å². The van der Waals surface area contributed by atoms with Gasteiger partial charge in [-0.3, -0.25) is 4.79 Å². The lowest BCUT2D eigenvalue weighted by molar-refractivity contribution is -0.130. The summed E-state index contributed by atoms with van der Waals surface area (Å²) in [6, 6.07) is 25.3. The van der Waals surface area contributed by atoms with E-state index in [0.29, 0.717) is 11.7 Å². The summed E-state index contributed by atoms with van der Waals surface area (Å²) < 4.78 is 28.3. The number of aromatic amines is 1. The molecular formula is C24H22N4O3S2. The third-order valence-electron chi connectivity index (χ3n) is 5.60. The van der Waals surface area contributed by atoms with Gasteiger partial charge >= 0.3 is 0 Å². The van der Waals surface area contributed by atoms with Crippen LogP contribution in [-0.4, -0.2) is 52.3 Å². The van der Waals surface area contributed by atoms with Gasteiger partial charge in [0.15, 0.2) is 5.16 Å². The molecule has 7 nitrogen and oxygen atoms in total. The third-order valence-corrected chi connectivity index (χ3v) is 8.32. The first-order valence-corrected chi connectivity index (χ1v) is 13.0. The number of nitrogens with one attached hydrogen (secondary N) is 1. The highest BCUT2D eigenvalue weighted by atomic mass is 32.2. The van der Waals surface area contributed by atoms with E-state index in [9.17, 15) is 13.2 Å². The second-order valence-corrected chi connectivity index (χ2v) is 10.5. The van der Waals surface area contributed by atoms with E-state index in [4.69, 9.17) is 0 Å². The van der Waals surface area contributed by atoms with E-state index in [1.54, 1.807) is 35.2 Å². The van der Waals surface area contributed by atoms with Crippen LogP contribution < -0.4 is 0 Å². The number of amides is 1. The Hall–Kier alpha value is -3.14. The quantitative estimate of drug-likeness (QED) is 0.425. The minimum absolute atomic E-state index is 0.139. The molecule has 33 heavy (non-hydrogen) atoms. The van der Waals surface area contributed by atoms with E-state index >= 15 is 0 Å². The van der Waals surface area contributed by atoms with Crippen molar-refractivity contribution in [1.29, 1.82) is 0 Å². The van der Waals surface area contributed by atoms with E-state index in [0.717, 1.165) is 16.6 Å². The molecule has 4 aromatic rings. The summed E-state index contributed by atoms with van der Waals surface area (Å²) in [6.07, 6.45) is -0.694. The zero-order valence-electron chi connectivity index (χ0n) is 17.7. The zero-order valence-corrected chi connectivity index (χ0v) is 19.3. The first-order chi connectivity index (χ1) is 16.0. The molecule has 0 saturated carbocycles. The monoisotopic (exact) mass is 478 g/mol. The number of hydrogen-bond acceptors (Lipinski definition) is 5. The van der Waals surface area contributed by atoms with Crippen molar-refractivity contribution in [2.75, 3.05) is 18.8 Å². The molecule has 2 heterocycles. The molecular weight excluding hydrogens is 456 g/mol. The van der Waals surface area contributed by atoms with Crippen molar-refractivity contribution in [3.8, 4) is 0 Å². The van der Waals surface area contributed by atoms with E-state index in [1.807, 2.05) is 54.6 Å². The van der Waals surface area contributed by atoms with Gasteiger partial charge in [-0.05, 0) is 29.8 Å². The van der Waals surface area contributed by atoms with Crippen molar-refractivity contribution < 1.29 is 13.2 Å². The van der Waals surface area contributed by atoms with Crippen molar-refractivity contribution in [2.24, 2.45) is 0 Å². The smallest absolute Gasteiger partial charge is 0.245 e. The van der Waals surface area contributed by atoms with Gasteiger partial charge in [-0.2, -0.15) is 4.31 Å². The summed E-state index contributed by atoms with van der Waals surface area (Å²) in [5.41, 5.74) is 2.52. The van der Waals surface area contributed by atoms with Crippen molar-refractivity contribution in [2.45, 2.75) is 16.2 Å². The average molecular weight is 479 g/mol. The number of hydrogen-bond donors (Lipinski definition) is 1. The third kappa shape index (κ3) is 4.27. The Labute approximate surface area is 196 Å². The molecule has 1 saturated heterocycles. The lowest BCUT2D eigenvalue weighted by Gasteiger charge is -2.30. The lowest BCUT2D eigenvalue weighted by Crippen LogP contribution is -2.38. The van der Waals surface area contributed by atoms with Crippen molar-refractivity contribution >= 4 is 38.7 Å². The van der Waals surface area contributed by atoms with Gasteiger partial charge < -0.3 is 9.88 Å². The standard InChI is InChI=1S/C24H22N4O3S2/c29-22(17-32-24-25-20-13-7-8-14-21(20)26-24)27-15-16-28(23(27)18-9-3-1-4-10-18)33(30,31)19-11-5-2-6-12-19/h1-14,23H,15-17H2,(H,25,26)/t23-/m1/s1. The maximum absolute atomic E-state index is 13.4. The molecule has 5 rings (SSSR count). The molecule has 168 valence electrons. The van der Waals surface area contributed by atoms with E-state index in [-0.39, 0.29) is 23.1 Å². The van der Waals surface area contributed by atoms with Crippen LogP contribution in [0.2, 0.25) is 0 Å². The molecule has 1 aliphatic rings. The van der Waals surface area contributed by atoms with Gasteiger partial charge in [0.25, 0.3) is 0 Å². The van der Waals surface area contributed by atoms with Crippen LogP contribution in [0.5, 0.6) is 0 Å². The van der Waals surface area contributed by atoms with Crippen LogP contribution >= 0.6 is 11.8 Å². The summed E-state index contributed by atoms with van der Waals surface area (Å²) in [6.45, 7) is 0.559. The largest absolute Gasteiger partial charge is 0.333 e. The van der Waals surface area contributed by atoms with E-state index < -0.39 is 16.2 Å². The zero-order chi connectivity index (χ0) is 22.8. The van der Waals surface area contributed by atoms with Crippen LogP contribution in [0.1, 0.15) is 11.7 Å². The number of thioether (sulfide) groups is 1. The Morgan fingerprint density at radius 2 is 1.61 bits per heavy atom. The Morgan fingerprint density at radius 3 is 2.33 bits per heavy atom. The average Bonchev–Trinajstić information content (AvgIpc) is 3.48. The molecule has 1 atom stereocenters. The number of aromatic nitrogens is 2. The van der Waals surface area contributed by atoms with Crippen molar-refractivity contribution in [1.82, 2.24) is 19.2 Å². The maximum Gasteiger partial charge on any atom is 0.245 e. The Morgan fingerprint density at radius 1 is 0.939 bits per heavy atom. The molecule has 0 unspecified atom stereocenters. The highest BCUT2D eigenvalue weighted by molar-refractivity contribution is 7.99. The second-order valence-electron chi connectivity index (χ2n) is 7.65. The summed E-state index contributed by atoms with van der Waals surface area (Å²) in [7, 11) is -3.77. The van der Waals surface area contributed by atoms with Crippen molar-refractivity contribution in [3.05, 3.63) is 90.5 Å². The number of carbonyl (C=O) groups is 1. The summed E-state index contributed by atoms with van der Waals surface area (Å²) in [5.74, 6) is 0.0163. The minimum atomic E-state index is -3.77. The molecule has 3 aromatic carbocycles. The topological polar surface area (TPSA) is 86.4 Å². The number of H-pyrrole nitrogens is 1.